The quantitative estimate of drug-likeness (QED) is 0.459. The largest absolute Gasteiger partial charge is 0.497 e. The van der Waals surface area contributed by atoms with Crippen molar-refractivity contribution in [3.8, 4) is 16.9 Å². The minimum atomic E-state index is -3.90. The Hall–Kier alpha value is -3.28. The number of sulfonamides is 1. The molecule has 33 heavy (non-hydrogen) atoms. The molecule has 0 radical (unpaired) electrons. The molecule has 0 fully saturated rings. The monoisotopic (exact) mass is 489 g/mol. The molecule has 0 saturated heterocycles. The lowest BCUT2D eigenvalue weighted by Gasteiger charge is -2.16. The van der Waals surface area contributed by atoms with E-state index in [0.29, 0.717) is 11.3 Å². The molecule has 9 nitrogen and oxygen atoms in total. The van der Waals surface area contributed by atoms with Gasteiger partial charge in [-0.1, -0.05) is 12.1 Å². The number of esters is 1. The van der Waals surface area contributed by atoms with Crippen LogP contribution in [0.2, 0.25) is 0 Å². The second-order valence-electron chi connectivity index (χ2n) is 6.80. The van der Waals surface area contributed by atoms with Crippen LogP contribution >= 0.6 is 11.3 Å². The Morgan fingerprint density at radius 2 is 1.91 bits per heavy atom. The highest BCUT2D eigenvalue weighted by atomic mass is 32.2. The lowest BCUT2D eigenvalue weighted by molar-refractivity contribution is -0.116. The predicted octanol–water partition coefficient (Wildman–Crippen LogP) is 3.25. The van der Waals surface area contributed by atoms with Crippen LogP contribution in [-0.2, 0) is 19.6 Å². The van der Waals surface area contributed by atoms with Crippen LogP contribution in [-0.4, -0.2) is 56.9 Å². The van der Waals surface area contributed by atoms with Crippen LogP contribution in [0.3, 0.4) is 0 Å². The second-order valence-corrected chi connectivity index (χ2v) is 9.72. The first-order valence-corrected chi connectivity index (χ1v) is 12.2. The topological polar surface area (TPSA) is 115 Å². The first-order chi connectivity index (χ1) is 15.8. The van der Waals surface area contributed by atoms with Crippen LogP contribution < -0.4 is 10.1 Å². The summed E-state index contributed by atoms with van der Waals surface area (Å²) in [6, 6.07) is 10.0. The zero-order chi connectivity index (χ0) is 24.0. The molecule has 174 valence electrons. The third kappa shape index (κ3) is 5.56. The highest BCUT2D eigenvalue weighted by Crippen LogP contribution is 2.37. The van der Waals surface area contributed by atoms with Gasteiger partial charge in [0.15, 0.2) is 0 Å². The van der Waals surface area contributed by atoms with E-state index < -0.39 is 28.4 Å². The maximum absolute atomic E-state index is 12.7. The summed E-state index contributed by atoms with van der Waals surface area (Å²) < 4.78 is 36.6. The lowest BCUT2D eigenvalue weighted by atomic mass is 10.0. The number of nitrogens with one attached hydrogen (secondary N) is 1. The van der Waals surface area contributed by atoms with Gasteiger partial charge < -0.3 is 14.8 Å². The Kier molecular flexibility index (Phi) is 7.79. The average Bonchev–Trinajstić information content (AvgIpc) is 3.23. The van der Waals surface area contributed by atoms with E-state index in [1.54, 1.807) is 43.7 Å². The number of ether oxygens (including phenoxy) is 2. The standard InChI is InChI=1S/C22H23N3O6S2/c1-4-31-22(27)20-18(15-7-9-16(30-3)10-8-15)14-32-21(20)24-19(26)13-25(2)33(28,29)17-6-5-11-23-12-17/h5-12,14H,4,13H2,1-3H3,(H,24,26). The van der Waals surface area contributed by atoms with Crippen LogP contribution in [0.1, 0.15) is 17.3 Å². The van der Waals surface area contributed by atoms with Gasteiger partial charge in [0, 0.05) is 30.4 Å². The average molecular weight is 490 g/mol. The van der Waals surface area contributed by atoms with Crippen LogP contribution in [0.25, 0.3) is 11.1 Å². The molecule has 0 bridgehead atoms. The van der Waals surface area contributed by atoms with E-state index in [1.165, 1.54) is 31.6 Å². The van der Waals surface area contributed by atoms with E-state index in [-0.39, 0.29) is 22.1 Å². The molecule has 1 amide bonds. The maximum Gasteiger partial charge on any atom is 0.341 e. The fourth-order valence-electron chi connectivity index (χ4n) is 2.97. The van der Waals surface area contributed by atoms with Crippen molar-refractivity contribution in [2.75, 3.05) is 32.6 Å². The Labute approximate surface area is 196 Å². The van der Waals surface area contributed by atoms with Crippen LogP contribution in [0, 0.1) is 0 Å². The number of aromatic nitrogens is 1. The minimum absolute atomic E-state index is 0.0228. The van der Waals surface area contributed by atoms with Crippen LogP contribution in [0.5, 0.6) is 5.75 Å². The number of carbonyl (C=O) groups excluding carboxylic acids is 2. The van der Waals surface area contributed by atoms with Crippen molar-refractivity contribution in [2.24, 2.45) is 0 Å². The van der Waals surface area contributed by atoms with E-state index in [9.17, 15) is 18.0 Å². The van der Waals surface area contributed by atoms with Crippen molar-refractivity contribution in [1.82, 2.24) is 9.29 Å². The molecule has 0 aliphatic carbocycles. The van der Waals surface area contributed by atoms with Gasteiger partial charge in [-0.15, -0.1) is 11.3 Å². The maximum atomic E-state index is 12.7. The summed E-state index contributed by atoms with van der Waals surface area (Å²) >= 11 is 1.15. The molecule has 2 heterocycles. The Bertz CT molecular complexity index is 1220. The number of rotatable bonds is 9. The molecule has 2 aromatic heterocycles. The van der Waals surface area contributed by atoms with Gasteiger partial charge in [0.05, 0.1) is 20.3 Å². The summed E-state index contributed by atoms with van der Waals surface area (Å²) in [5.41, 5.74) is 1.54. The van der Waals surface area contributed by atoms with Gasteiger partial charge in [-0.3, -0.25) is 9.78 Å². The molecular weight excluding hydrogens is 466 g/mol. The number of carbonyl (C=O) groups is 2. The van der Waals surface area contributed by atoms with Crippen LogP contribution in [0.15, 0.2) is 59.1 Å². The van der Waals surface area contributed by atoms with Gasteiger partial charge >= 0.3 is 5.97 Å². The van der Waals surface area contributed by atoms with Crippen molar-refractivity contribution in [1.29, 1.82) is 0 Å². The first kappa shape index (κ1) is 24.4. The number of pyridine rings is 1. The number of hydrogen-bond acceptors (Lipinski definition) is 8. The Morgan fingerprint density at radius 3 is 2.52 bits per heavy atom. The third-order valence-corrected chi connectivity index (χ3v) is 7.32. The molecule has 1 aromatic carbocycles. The molecular formula is C22H23N3O6S2. The van der Waals surface area contributed by atoms with Gasteiger partial charge in [0.1, 0.15) is 21.2 Å². The van der Waals surface area contributed by atoms with E-state index >= 15 is 0 Å². The number of methoxy groups -OCH3 is 1. The van der Waals surface area contributed by atoms with Crippen molar-refractivity contribution < 1.29 is 27.5 Å². The lowest BCUT2D eigenvalue weighted by Crippen LogP contribution is -2.35. The molecule has 3 aromatic rings. The van der Waals surface area contributed by atoms with Gasteiger partial charge in [-0.25, -0.2) is 13.2 Å². The number of benzene rings is 1. The Balaban J connectivity index is 1.84. The van der Waals surface area contributed by atoms with Crippen molar-refractivity contribution in [2.45, 2.75) is 11.8 Å². The number of likely N-dealkylation sites (N-methyl/N-ethyl adjacent to an activating group) is 1. The number of thiophene rings is 1. The summed E-state index contributed by atoms with van der Waals surface area (Å²) in [5.74, 6) is -0.520. The van der Waals surface area contributed by atoms with E-state index in [1.807, 2.05) is 0 Å². The van der Waals surface area contributed by atoms with Crippen molar-refractivity contribution >= 4 is 38.2 Å². The molecule has 0 aliphatic heterocycles. The number of amides is 1. The second kappa shape index (κ2) is 10.6. The van der Waals surface area contributed by atoms with Crippen molar-refractivity contribution in [3.05, 3.63) is 59.7 Å². The van der Waals surface area contributed by atoms with E-state index in [2.05, 4.69) is 10.3 Å². The summed E-state index contributed by atoms with van der Waals surface area (Å²) in [6.45, 7) is 1.40. The molecule has 0 atom stereocenters. The van der Waals surface area contributed by atoms with E-state index in [4.69, 9.17) is 9.47 Å². The zero-order valence-corrected chi connectivity index (χ0v) is 19.9. The molecule has 0 spiro atoms. The molecule has 3 rings (SSSR count). The molecule has 1 N–H and O–H groups in total. The molecule has 11 heteroatoms. The summed E-state index contributed by atoms with van der Waals surface area (Å²) in [7, 11) is -1.04. The van der Waals surface area contributed by atoms with E-state index in [0.717, 1.165) is 21.2 Å². The van der Waals surface area contributed by atoms with Gasteiger partial charge in [0.2, 0.25) is 15.9 Å². The molecule has 0 unspecified atom stereocenters. The number of hydrogen-bond donors (Lipinski definition) is 1. The predicted molar refractivity (Wildman–Crippen MR) is 125 cm³/mol. The number of nitrogens with zero attached hydrogens (tertiary/aromatic N) is 2. The highest BCUT2D eigenvalue weighted by molar-refractivity contribution is 7.89. The highest BCUT2D eigenvalue weighted by Gasteiger charge is 2.26. The first-order valence-electron chi connectivity index (χ1n) is 9.87. The number of anilines is 1. The smallest absolute Gasteiger partial charge is 0.341 e. The molecule has 0 saturated carbocycles. The van der Waals surface area contributed by atoms with Crippen LogP contribution in [0.4, 0.5) is 5.00 Å². The van der Waals surface area contributed by atoms with Gasteiger partial charge in [0.25, 0.3) is 0 Å². The van der Waals surface area contributed by atoms with Crippen molar-refractivity contribution in [3.63, 3.8) is 0 Å². The van der Waals surface area contributed by atoms with Gasteiger partial charge in [-0.05, 0) is 36.8 Å². The van der Waals surface area contributed by atoms with Gasteiger partial charge in [-0.2, -0.15) is 4.31 Å². The summed E-state index contributed by atoms with van der Waals surface area (Å²) in [6.07, 6.45) is 2.67. The summed E-state index contributed by atoms with van der Waals surface area (Å²) in [5, 5.41) is 4.66. The fraction of sp³-hybridized carbons (Fsp3) is 0.227. The normalized spacial score (nSPS) is 11.3. The molecule has 0 aliphatic rings. The minimum Gasteiger partial charge on any atom is -0.497 e. The zero-order valence-electron chi connectivity index (χ0n) is 18.3. The fourth-order valence-corrected chi connectivity index (χ4v) is 5.04. The Morgan fingerprint density at radius 1 is 1.18 bits per heavy atom. The summed E-state index contributed by atoms with van der Waals surface area (Å²) in [4.78, 5) is 29.1. The third-order valence-electron chi connectivity index (χ3n) is 4.63. The SMILES string of the molecule is CCOC(=O)c1c(-c2ccc(OC)cc2)csc1NC(=O)CN(C)S(=O)(=O)c1cccnc1.